The van der Waals surface area contributed by atoms with Crippen LogP contribution in [0.4, 0.5) is 5.82 Å². The van der Waals surface area contributed by atoms with Gasteiger partial charge < -0.3 is 15.2 Å². The van der Waals surface area contributed by atoms with Gasteiger partial charge in [0.05, 0.1) is 10.7 Å². The lowest BCUT2D eigenvalue weighted by Gasteiger charge is -2.28. The maximum atomic E-state index is 11.4. The van der Waals surface area contributed by atoms with Gasteiger partial charge in [-0.05, 0) is 18.2 Å². The lowest BCUT2D eigenvalue weighted by Crippen LogP contribution is -2.43. The van der Waals surface area contributed by atoms with E-state index in [-0.39, 0.29) is 0 Å². The van der Waals surface area contributed by atoms with E-state index in [9.17, 15) is 4.79 Å². The molecule has 3 aromatic heterocycles. The number of carbonyl (C=O) groups is 1. The Hall–Kier alpha value is -2.44. The van der Waals surface area contributed by atoms with Gasteiger partial charge in [0.2, 0.25) is 0 Å². The fourth-order valence-electron chi connectivity index (χ4n) is 2.99. The largest absolute Gasteiger partial charge is 0.354 e. The third-order valence-electron chi connectivity index (χ3n) is 4.18. The molecule has 0 unspecified atom stereocenters. The minimum atomic E-state index is 0.567. The lowest BCUT2D eigenvalue weighted by molar-refractivity contribution is 0.112. The van der Waals surface area contributed by atoms with E-state index in [4.69, 9.17) is 16.6 Å². The van der Waals surface area contributed by atoms with Crippen LogP contribution in [0, 0.1) is 0 Å². The minimum Gasteiger partial charge on any atom is -0.354 e. The number of fused-ring (bicyclic) bond motifs is 1. The van der Waals surface area contributed by atoms with Gasteiger partial charge in [-0.3, -0.25) is 4.79 Å². The number of piperazine rings is 1. The normalized spacial score (nSPS) is 15.0. The first-order valence-corrected chi connectivity index (χ1v) is 8.18. The van der Waals surface area contributed by atoms with E-state index in [0.717, 1.165) is 60.6 Å². The van der Waals surface area contributed by atoms with E-state index in [0.29, 0.717) is 10.6 Å². The number of pyridine rings is 2. The summed E-state index contributed by atoms with van der Waals surface area (Å²) in [5.41, 5.74) is 2.98. The molecular formula is C17H16ClN5O. The molecule has 0 saturated carbocycles. The molecule has 0 aliphatic carbocycles. The van der Waals surface area contributed by atoms with Crippen LogP contribution in [0.3, 0.4) is 0 Å². The topological polar surface area (TPSA) is 73.9 Å². The average Bonchev–Trinajstić information content (AvgIpc) is 3.05. The van der Waals surface area contributed by atoms with E-state index in [2.05, 4.69) is 20.2 Å². The number of carbonyl (C=O) groups excluding carboxylic acids is 1. The molecule has 6 nitrogen and oxygen atoms in total. The molecule has 4 heterocycles. The highest BCUT2D eigenvalue weighted by Gasteiger charge is 2.16. The van der Waals surface area contributed by atoms with Gasteiger partial charge >= 0.3 is 0 Å². The van der Waals surface area contributed by atoms with Crippen molar-refractivity contribution in [3.05, 3.63) is 41.2 Å². The third kappa shape index (κ3) is 2.74. The summed E-state index contributed by atoms with van der Waals surface area (Å²) >= 11 is 6.08. The Bertz CT molecular complexity index is 901. The first kappa shape index (κ1) is 15.1. The third-order valence-corrected chi connectivity index (χ3v) is 4.39. The van der Waals surface area contributed by atoms with Crippen LogP contribution < -0.4 is 10.2 Å². The first-order valence-electron chi connectivity index (χ1n) is 7.80. The zero-order valence-electron chi connectivity index (χ0n) is 12.9. The van der Waals surface area contributed by atoms with Crippen molar-refractivity contribution in [2.24, 2.45) is 0 Å². The molecule has 3 aromatic rings. The maximum Gasteiger partial charge on any atom is 0.150 e. The fourth-order valence-corrected chi connectivity index (χ4v) is 3.15. The van der Waals surface area contributed by atoms with Gasteiger partial charge in [-0.1, -0.05) is 11.6 Å². The van der Waals surface area contributed by atoms with E-state index in [1.807, 2.05) is 18.3 Å². The van der Waals surface area contributed by atoms with Crippen LogP contribution in [0.2, 0.25) is 5.02 Å². The second kappa shape index (κ2) is 6.22. The number of rotatable bonds is 3. The zero-order chi connectivity index (χ0) is 16.5. The summed E-state index contributed by atoms with van der Waals surface area (Å²) in [6.45, 7) is 3.57. The summed E-state index contributed by atoms with van der Waals surface area (Å²) in [5.74, 6) is 0.820. The maximum absolute atomic E-state index is 11.4. The van der Waals surface area contributed by atoms with Crippen molar-refractivity contribution >= 4 is 34.7 Å². The first-order chi connectivity index (χ1) is 11.7. The zero-order valence-corrected chi connectivity index (χ0v) is 13.7. The van der Waals surface area contributed by atoms with Gasteiger partial charge in [-0.25, -0.2) is 9.97 Å². The number of anilines is 1. The number of hydrogen-bond donors (Lipinski definition) is 2. The molecule has 122 valence electrons. The number of aromatic amines is 1. The Morgan fingerprint density at radius 3 is 2.83 bits per heavy atom. The number of aromatic nitrogens is 3. The monoisotopic (exact) mass is 341 g/mol. The Morgan fingerprint density at radius 2 is 2.04 bits per heavy atom. The van der Waals surface area contributed by atoms with Gasteiger partial charge in [0, 0.05) is 55.1 Å². The van der Waals surface area contributed by atoms with Gasteiger partial charge in [0.1, 0.15) is 17.8 Å². The summed E-state index contributed by atoms with van der Waals surface area (Å²) < 4.78 is 0. The van der Waals surface area contributed by atoms with Gasteiger partial charge in [-0.15, -0.1) is 0 Å². The summed E-state index contributed by atoms with van der Waals surface area (Å²) in [6, 6.07) is 5.49. The van der Waals surface area contributed by atoms with Crippen molar-refractivity contribution in [1.82, 2.24) is 20.3 Å². The molecule has 24 heavy (non-hydrogen) atoms. The van der Waals surface area contributed by atoms with E-state index < -0.39 is 0 Å². The second-order valence-electron chi connectivity index (χ2n) is 5.75. The van der Waals surface area contributed by atoms with Gasteiger partial charge in [0.15, 0.2) is 0 Å². The number of nitrogens with zero attached hydrogens (tertiary/aromatic N) is 3. The SMILES string of the molecule is O=Cc1cc(-c2c[nH]c3ncc(Cl)cc23)nc(N2CCNCC2)c1. The highest BCUT2D eigenvalue weighted by atomic mass is 35.5. The van der Waals surface area contributed by atoms with Crippen LogP contribution in [0.1, 0.15) is 10.4 Å². The standard InChI is InChI=1S/C17H16ClN5O/c18-12-7-13-14(9-21-17(13)20-8-12)15-5-11(10-24)6-16(22-15)23-3-1-19-2-4-23/h5-10,19H,1-4H2,(H,20,21). The van der Waals surface area contributed by atoms with Crippen molar-refractivity contribution < 1.29 is 4.79 Å². The number of aldehydes is 1. The number of nitrogens with one attached hydrogen (secondary N) is 2. The van der Waals surface area contributed by atoms with Crippen LogP contribution in [0.25, 0.3) is 22.3 Å². The quantitative estimate of drug-likeness (QED) is 0.716. The molecule has 0 amide bonds. The number of H-pyrrole nitrogens is 1. The Kier molecular flexibility index (Phi) is 3.92. The summed E-state index contributed by atoms with van der Waals surface area (Å²) in [7, 11) is 0. The Labute approximate surface area is 143 Å². The van der Waals surface area contributed by atoms with Crippen molar-refractivity contribution in [3.63, 3.8) is 0 Å². The van der Waals surface area contributed by atoms with Crippen LogP contribution in [-0.2, 0) is 0 Å². The van der Waals surface area contributed by atoms with E-state index >= 15 is 0 Å². The minimum absolute atomic E-state index is 0.567. The molecule has 1 fully saturated rings. The van der Waals surface area contributed by atoms with Crippen molar-refractivity contribution in [3.8, 4) is 11.3 Å². The van der Waals surface area contributed by atoms with Crippen molar-refractivity contribution in [2.75, 3.05) is 31.1 Å². The highest BCUT2D eigenvalue weighted by molar-refractivity contribution is 6.31. The molecule has 7 heteroatoms. The number of hydrogen-bond acceptors (Lipinski definition) is 5. The van der Waals surface area contributed by atoms with Crippen molar-refractivity contribution in [2.45, 2.75) is 0 Å². The van der Waals surface area contributed by atoms with Gasteiger partial charge in [-0.2, -0.15) is 0 Å². The summed E-state index contributed by atoms with van der Waals surface area (Å²) in [6.07, 6.45) is 4.31. The molecule has 0 aromatic carbocycles. The molecule has 4 rings (SSSR count). The lowest BCUT2D eigenvalue weighted by atomic mass is 10.1. The molecular weight excluding hydrogens is 326 g/mol. The van der Waals surface area contributed by atoms with Crippen LogP contribution in [0.15, 0.2) is 30.6 Å². The molecule has 1 saturated heterocycles. The van der Waals surface area contributed by atoms with Crippen LogP contribution in [-0.4, -0.2) is 47.4 Å². The molecule has 0 radical (unpaired) electrons. The molecule has 1 aliphatic rings. The van der Waals surface area contributed by atoms with E-state index in [1.165, 1.54) is 0 Å². The Morgan fingerprint density at radius 1 is 1.21 bits per heavy atom. The Balaban J connectivity index is 1.84. The molecule has 0 spiro atoms. The molecule has 0 atom stereocenters. The summed E-state index contributed by atoms with van der Waals surface area (Å²) in [4.78, 5) is 25.8. The highest BCUT2D eigenvalue weighted by Crippen LogP contribution is 2.30. The van der Waals surface area contributed by atoms with Gasteiger partial charge in [0.25, 0.3) is 0 Å². The fraction of sp³-hybridized carbons (Fsp3) is 0.235. The van der Waals surface area contributed by atoms with Crippen LogP contribution in [0.5, 0.6) is 0 Å². The smallest absolute Gasteiger partial charge is 0.150 e. The molecule has 1 aliphatic heterocycles. The average molecular weight is 342 g/mol. The predicted molar refractivity (Wildman–Crippen MR) is 94.8 cm³/mol. The predicted octanol–water partition coefficient (Wildman–Crippen LogP) is 2.50. The summed E-state index contributed by atoms with van der Waals surface area (Å²) in [5, 5.41) is 4.78. The number of halogens is 1. The second-order valence-corrected chi connectivity index (χ2v) is 6.19. The molecule has 0 bridgehead atoms. The van der Waals surface area contributed by atoms with Crippen molar-refractivity contribution in [1.29, 1.82) is 0 Å². The van der Waals surface area contributed by atoms with Crippen LogP contribution >= 0.6 is 11.6 Å². The molecule has 2 N–H and O–H groups in total. The van der Waals surface area contributed by atoms with E-state index in [1.54, 1.807) is 12.3 Å².